The van der Waals surface area contributed by atoms with E-state index in [1.807, 2.05) is 0 Å². The SMILES string of the molecule is CC1(C)CCC(NC(CN)c2ccc(Cl)cc2F)C1. The first kappa shape index (κ1) is 14.8. The van der Waals surface area contributed by atoms with E-state index in [9.17, 15) is 4.39 Å². The second kappa shape index (κ2) is 5.78. The average molecular weight is 285 g/mol. The fourth-order valence-corrected chi connectivity index (χ4v) is 3.09. The Hall–Kier alpha value is -0.640. The van der Waals surface area contributed by atoms with Gasteiger partial charge < -0.3 is 11.1 Å². The molecule has 2 unspecified atom stereocenters. The molecule has 19 heavy (non-hydrogen) atoms. The predicted molar refractivity (Wildman–Crippen MR) is 77.8 cm³/mol. The zero-order valence-corrected chi connectivity index (χ0v) is 12.3. The molecule has 2 atom stereocenters. The van der Waals surface area contributed by atoms with Crippen molar-refractivity contribution in [2.24, 2.45) is 11.1 Å². The van der Waals surface area contributed by atoms with E-state index in [1.165, 1.54) is 12.5 Å². The smallest absolute Gasteiger partial charge is 0.129 e. The highest BCUT2D eigenvalue weighted by Gasteiger charge is 2.32. The summed E-state index contributed by atoms with van der Waals surface area (Å²) >= 11 is 5.78. The van der Waals surface area contributed by atoms with E-state index in [-0.39, 0.29) is 11.9 Å². The average Bonchev–Trinajstić information content (AvgIpc) is 2.66. The highest BCUT2D eigenvalue weighted by molar-refractivity contribution is 6.30. The third kappa shape index (κ3) is 3.68. The van der Waals surface area contributed by atoms with Gasteiger partial charge in [0.05, 0.1) is 0 Å². The highest BCUT2D eigenvalue weighted by Crippen LogP contribution is 2.37. The number of hydrogen-bond donors (Lipinski definition) is 2. The Morgan fingerprint density at radius 2 is 2.26 bits per heavy atom. The lowest BCUT2D eigenvalue weighted by Gasteiger charge is -2.24. The summed E-state index contributed by atoms with van der Waals surface area (Å²) in [6, 6.07) is 5.06. The summed E-state index contributed by atoms with van der Waals surface area (Å²) in [4.78, 5) is 0. The van der Waals surface area contributed by atoms with E-state index >= 15 is 0 Å². The zero-order chi connectivity index (χ0) is 14.0. The topological polar surface area (TPSA) is 38.0 Å². The van der Waals surface area contributed by atoms with E-state index in [1.54, 1.807) is 12.1 Å². The molecular weight excluding hydrogens is 263 g/mol. The molecule has 0 aliphatic heterocycles. The maximum absolute atomic E-state index is 13.9. The first-order valence-corrected chi connectivity index (χ1v) is 7.20. The first-order chi connectivity index (χ1) is 8.91. The number of nitrogens with two attached hydrogens (primary N) is 1. The standard InChI is InChI=1S/C15H22ClFN2/c1-15(2)6-5-11(8-15)19-14(9-18)12-4-3-10(16)7-13(12)17/h3-4,7,11,14,19H,5-6,8-9,18H2,1-2H3. The summed E-state index contributed by atoms with van der Waals surface area (Å²) in [7, 11) is 0. The van der Waals surface area contributed by atoms with Gasteiger partial charge in [-0.2, -0.15) is 0 Å². The van der Waals surface area contributed by atoms with Gasteiger partial charge in [0.25, 0.3) is 0 Å². The fraction of sp³-hybridized carbons (Fsp3) is 0.600. The fourth-order valence-electron chi connectivity index (χ4n) is 2.93. The molecule has 1 aromatic rings. The van der Waals surface area contributed by atoms with E-state index < -0.39 is 0 Å². The van der Waals surface area contributed by atoms with Gasteiger partial charge in [-0.1, -0.05) is 31.5 Å². The van der Waals surface area contributed by atoms with Crippen molar-refractivity contribution in [1.29, 1.82) is 0 Å². The van der Waals surface area contributed by atoms with E-state index in [0.29, 0.717) is 28.6 Å². The molecule has 0 bridgehead atoms. The van der Waals surface area contributed by atoms with Crippen LogP contribution < -0.4 is 11.1 Å². The van der Waals surface area contributed by atoms with Crippen LogP contribution >= 0.6 is 11.6 Å². The van der Waals surface area contributed by atoms with E-state index in [4.69, 9.17) is 17.3 Å². The van der Waals surface area contributed by atoms with Crippen molar-refractivity contribution in [2.45, 2.75) is 45.2 Å². The molecule has 0 aromatic heterocycles. The summed E-state index contributed by atoms with van der Waals surface area (Å²) in [5.74, 6) is -0.285. The third-order valence-corrected chi connectivity index (χ3v) is 4.21. The highest BCUT2D eigenvalue weighted by atomic mass is 35.5. The molecular formula is C15H22ClFN2. The minimum absolute atomic E-state index is 0.142. The molecule has 2 rings (SSSR count). The van der Waals surface area contributed by atoms with E-state index in [2.05, 4.69) is 19.2 Å². The number of benzene rings is 1. The number of nitrogens with one attached hydrogen (secondary N) is 1. The second-order valence-corrected chi connectivity index (χ2v) is 6.66. The van der Waals surface area contributed by atoms with Gasteiger partial charge in [0.1, 0.15) is 5.82 Å². The summed E-state index contributed by atoms with van der Waals surface area (Å²) in [5.41, 5.74) is 6.77. The summed E-state index contributed by atoms with van der Waals surface area (Å²) in [5, 5.41) is 3.91. The van der Waals surface area contributed by atoms with Crippen molar-refractivity contribution in [3.63, 3.8) is 0 Å². The molecule has 1 aromatic carbocycles. The maximum atomic E-state index is 13.9. The quantitative estimate of drug-likeness (QED) is 0.886. The Bertz CT molecular complexity index is 448. The minimum Gasteiger partial charge on any atom is -0.329 e. The van der Waals surface area contributed by atoms with Crippen molar-refractivity contribution in [3.05, 3.63) is 34.6 Å². The van der Waals surface area contributed by atoms with Crippen LogP contribution in [0.2, 0.25) is 5.02 Å². The second-order valence-electron chi connectivity index (χ2n) is 6.22. The third-order valence-electron chi connectivity index (χ3n) is 3.98. The summed E-state index contributed by atoms with van der Waals surface area (Å²) in [6.45, 7) is 4.93. The molecule has 0 radical (unpaired) electrons. The molecule has 3 N–H and O–H groups in total. The first-order valence-electron chi connectivity index (χ1n) is 6.82. The van der Waals surface area contributed by atoms with Crippen molar-refractivity contribution < 1.29 is 4.39 Å². The Labute approximate surface area is 119 Å². The number of hydrogen-bond acceptors (Lipinski definition) is 2. The molecule has 1 saturated carbocycles. The van der Waals surface area contributed by atoms with Crippen LogP contribution in [0, 0.1) is 11.2 Å². The predicted octanol–water partition coefficient (Wildman–Crippen LogP) is 3.65. The van der Waals surface area contributed by atoms with Crippen molar-refractivity contribution in [3.8, 4) is 0 Å². The number of rotatable bonds is 4. The van der Waals surface area contributed by atoms with Crippen LogP contribution in [0.1, 0.15) is 44.7 Å². The van der Waals surface area contributed by atoms with Crippen LogP contribution in [0.4, 0.5) is 4.39 Å². The lowest BCUT2D eigenvalue weighted by molar-refractivity contribution is 0.351. The molecule has 4 heteroatoms. The Morgan fingerprint density at radius 3 is 2.79 bits per heavy atom. The molecule has 1 aliphatic rings. The number of halogens is 2. The molecule has 1 fully saturated rings. The maximum Gasteiger partial charge on any atom is 0.129 e. The molecule has 0 heterocycles. The van der Waals surface area contributed by atoms with E-state index in [0.717, 1.165) is 12.8 Å². The van der Waals surface area contributed by atoms with Gasteiger partial charge in [-0.25, -0.2) is 4.39 Å². The summed E-state index contributed by atoms with van der Waals surface area (Å²) in [6.07, 6.45) is 3.43. The van der Waals surface area contributed by atoms with Gasteiger partial charge in [-0.05, 0) is 36.8 Å². The lowest BCUT2D eigenvalue weighted by Crippen LogP contribution is -2.36. The zero-order valence-electron chi connectivity index (χ0n) is 11.5. The molecule has 0 spiro atoms. The monoisotopic (exact) mass is 284 g/mol. The molecule has 106 valence electrons. The van der Waals surface area contributed by atoms with Crippen LogP contribution in [0.5, 0.6) is 0 Å². The van der Waals surface area contributed by atoms with Gasteiger partial charge in [-0.3, -0.25) is 0 Å². The molecule has 1 aliphatic carbocycles. The lowest BCUT2D eigenvalue weighted by atomic mass is 9.91. The summed E-state index contributed by atoms with van der Waals surface area (Å²) < 4.78 is 13.9. The van der Waals surface area contributed by atoms with Crippen molar-refractivity contribution in [2.75, 3.05) is 6.54 Å². The van der Waals surface area contributed by atoms with Crippen molar-refractivity contribution >= 4 is 11.6 Å². The van der Waals surface area contributed by atoms with Crippen LogP contribution in [-0.4, -0.2) is 12.6 Å². The van der Waals surface area contributed by atoms with Crippen LogP contribution in [0.15, 0.2) is 18.2 Å². The molecule has 2 nitrogen and oxygen atoms in total. The van der Waals surface area contributed by atoms with Crippen LogP contribution in [0.25, 0.3) is 0 Å². The van der Waals surface area contributed by atoms with Gasteiger partial charge >= 0.3 is 0 Å². The van der Waals surface area contributed by atoms with Gasteiger partial charge in [0, 0.05) is 29.2 Å². The Balaban J connectivity index is 2.08. The van der Waals surface area contributed by atoms with Crippen molar-refractivity contribution in [1.82, 2.24) is 5.32 Å². The van der Waals surface area contributed by atoms with Gasteiger partial charge in [-0.15, -0.1) is 0 Å². The van der Waals surface area contributed by atoms with Gasteiger partial charge in [0.15, 0.2) is 0 Å². The Kier molecular flexibility index (Phi) is 4.49. The normalized spacial score (nSPS) is 23.5. The van der Waals surface area contributed by atoms with Crippen LogP contribution in [-0.2, 0) is 0 Å². The minimum atomic E-state index is -0.285. The van der Waals surface area contributed by atoms with Gasteiger partial charge in [0.2, 0.25) is 0 Å². The molecule has 0 saturated heterocycles. The van der Waals surface area contributed by atoms with Crippen LogP contribution in [0.3, 0.4) is 0 Å². The largest absolute Gasteiger partial charge is 0.329 e. The Morgan fingerprint density at radius 1 is 1.53 bits per heavy atom. The molecule has 0 amide bonds.